The first-order chi connectivity index (χ1) is 16.3. The molecule has 35 heavy (non-hydrogen) atoms. The number of aliphatic hydroxyl groups is 2. The summed E-state index contributed by atoms with van der Waals surface area (Å²) in [7, 11) is 0. The van der Waals surface area contributed by atoms with E-state index in [0.717, 1.165) is 12.8 Å². The molecule has 2 rings (SSSR count). The standard InChI is InChI=1S/C25H46N2O8/c1-7-24(13-28)15-32-22(5,33-16-24)11-19(30)26-10-9-21(3,4)27-20(31)12-23(6)34-17-25(8-2,14-29)18-35-23/h28-29H,7-18H2,1-6H3,(H,26,30)(H,27,31). The first kappa shape index (κ1) is 29.9. The molecule has 0 saturated carbocycles. The van der Waals surface area contributed by atoms with Crippen molar-refractivity contribution in [1.82, 2.24) is 10.6 Å². The molecule has 2 saturated heterocycles. The predicted molar refractivity (Wildman–Crippen MR) is 129 cm³/mol. The van der Waals surface area contributed by atoms with Crippen molar-refractivity contribution in [2.45, 2.75) is 90.8 Å². The monoisotopic (exact) mass is 502 g/mol. The quantitative estimate of drug-likeness (QED) is 0.315. The number of amides is 2. The first-order valence-electron chi connectivity index (χ1n) is 12.6. The second-order valence-corrected chi connectivity index (χ2v) is 11.3. The fourth-order valence-corrected chi connectivity index (χ4v) is 4.05. The molecule has 10 nitrogen and oxygen atoms in total. The van der Waals surface area contributed by atoms with Gasteiger partial charge in [0.05, 0.1) is 52.5 Å². The molecule has 0 aromatic heterocycles. The lowest BCUT2D eigenvalue weighted by Crippen LogP contribution is -2.53. The highest BCUT2D eigenvalue weighted by molar-refractivity contribution is 5.78. The largest absolute Gasteiger partial charge is 0.396 e. The van der Waals surface area contributed by atoms with Gasteiger partial charge in [-0.15, -0.1) is 0 Å². The van der Waals surface area contributed by atoms with Crippen LogP contribution in [0.15, 0.2) is 0 Å². The number of ether oxygens (including phenoxy) is 4. The molecule has 204 valence electrons. The van der Waals surface area contributed by atoms with Gasteiger partial charge in [-0.2, -0.15) is 0 Å². The minimum atomic E-state index is -1.04. The predicted octanol–water partition coefficient (Wildman–Crippen LogP) is 1.47. The lowest BCUT2D eigenvalue weighted by molar-refractivity contribution is -0.299. The third-order valence-electron chi connectivity index (χ3n) is 7.42. The molecule has 0 radical (unpaired) electrons. The highest BCUT2D eigenvalue weighted by atomic mass is 16.7. The van der Waals surface area contributed by atoms with Crippen molar-refractivity contribution in [2.75, 3.05) is 46.2 Å². The Morgan fingerprint density at radius 3 is 1.57 bits per heavy atom. The summed E-state index contributed by atoms with van der Waals surface area (Å²) in [4.78, 5) is 25.2. The van der Waals surface area contributed by atoms with Crippen LogP contribution in [0, 0.1) is 10.8 Å². The van der Waals surface area contributed by atoms with Gasteiger partial charge < -0.3 is 39.8 Å². The number of carbonyl (C=O) groups excluding carboxylic acids is 2. The van der Waals surface area contributed by atoms with E-state index in [1.807, 2.05) is 27.7 Å². The van der Waals surface area contributed by atoms with Gasteiger partial charge in [-0.05, 0) is 47.0 Å². The third kappa shape index (κ3) is 8.36. The van der Waals surface area contributed by atoms with Crippen LogP contribution < -0.4 is 10.6 Å². The summed E-state index contributed by atoms with van der Waals surface area (Å²) in [5.74, 6) is -2.48. The second-order valence-electron chi connectivity index (χ2n) is 11.3. The molecule has 10 heteroatoms. The second kappa shape index (κ2) is 11.8. The molecule has 0 spiro atoms. The van der Waals surface area contributed by atoms with E-state index in [1.54, 1.807) is 13.8 Å². The third-order valence-corrected chi connectivity index (χ3v) is 7.42. The van der Waals surface area contributed by atoms with Crippen LogP contribution in [0.1, 0.15) is 73.6 Å². The molecule has 0 atom stereocenters. The van der Waals surface area contributed by atoms with Crippen molar-refractivity contribution >= 4 is 11.8 Å². The number of rotatable bonds is 12. The van der Waals surface area contributed by atoms with Crippen molar-refractivity contribution in [1.29, 1.82) is 0 Å². The van der Waals surface area contributed by atoms with E-state index in [4.69, 9.17) is 18.9 Å². The summed E-state index contributed by atoms with van der Waals surface area (Å²) >= 11 is 0. The molecule has 2 heterocycles. The normalized spacial score (nSPS) is 33.8. The van der Waals surface area contributed by atoms with Gasteiger partial charge in [0.15, 0.2) is 11.6 Å². The number of carbonyl (C=O) groups is 2. The highest BCUT2D eigenvalue weighted by Gasteiger charge is 2.43. The van der Waals surface area contributed by atoms with Crippen LogP contribution in [0.25, 0.3) is 0 Å². The fourth-order valence-electron chi connectivity index (χ4n) is 4.05. The minimum Gasteiger partial charge on any atom is -0.396 e. The van der Waals surface area contributed by atoms with Gasteiger partial charge in [-0.3, -0.25) is 9.59 Å². The average Bonchev–Trinajstić information content (AvgIpc) is 2.80. The Morgan fingerprint density at radius 2 is 1.20 bits per heavy atom. The fraction of sp³-hybridized carbons (Fsp3) is 0.920. The molecule has 0 unspecified atom stereocenters. The zero-order valence-corrected chi connectivity index (χ0v) is 22.3. The van der Waals surface area contributed by atoms with Gasteiger partial charge in [0.2, 0.25) is 11.8 Å². The van der Waals surface area contributed by atoms with Crippen LogP contribution in [0.3, 0.4) is 0 Å². The number of nitrogens with one attached hydrogen (secondary N) is 2. The van der Waals surface area contributed by atoms with Gasteiger partial charge in [0.25, 0.3) is 0 Å². The highest BCUT2D eigenvalue weighted by Crippen LogP contribution is 2.35. The summed E-state index contributed by atoms with van der Waals surface area (Å²) in [5, 5.41) is 25.1. The molecule has 4 N–H and O–H groups in total. The molecule has 0 aromatic rings. The van der Waals surface area contributed by atoms with Crippen LogP contribution >= 0.6 is 0 Å². The first-order valence-corrected chi connectivity index (χ1v) is 12.6. The van der Waals surface area contributed by atoms with E-state index in [1.165, 1.54) is 0 Å². The van der Waals surface area contributed by atoms with E-state index >= 15 is 0 Å². The van der Waals surface area contributed by atoms with Crippen molar-refractivity contribution in [3.05, 3.63) is 0 Å². The Morgan fingerprint density at radius 1 is 0.800 bits per heavy atom. The Hall–Kier alpha value is -1.30. The van der Waals surface area contributed by atoms with Crippen LogP contribution in [-0.2, 0) is 28.5 Å². The van der Waals surface area contributed by atoms with Crippen LogP contribution in [-0.4, -0.2) is 85.3 Å². The average molecular weight is 503 g/mol. The maximum Gasteiger partial charge on any atom is 0.225 e. The molecular formula is C25H46N2O8. The molecular weight excluding hydrogens is 456 g/mol. The lowest BCUT2D eigenvalue weighted by atomic mass is 9.87. The van der Waals surface area contributed by atoms with Crippen molar-refractivity contribution in [3.63, 3.8) is 0 Å². The molecule has 0 aromatic carbocycles. The molecule has 0 aliphatic carbocycles. The van der Waals surface area contributed by atoms with E-state index in [9.17, 15) is 19.8 Å². The SMILES string of the molecule is CCC1(CO)COC(C)(CC(=O)NCCC(C)(C)NC(=O)CC2(C)OCC(CC)(CO)CO2)OC1. The smallest absolute Gasteiger partial charge is 0.225 e. The zero-order chi connectivity index (χ0) is 26.4. The van der Waals surface area contributed by atoms with Crippen LogP contribution in [0.2, 0.25) is 0 Å². The summed E-state index contributed by atoms with van der Waals surface area (Å²) < 4.78 is 23.3. The number of aliphatic hydroxyl groups excluding tert-OH is 2. The Labute approximate surface area is 209 Å². The molecule has 0 bridgehead atoms. The summed E-state index contributed by atoms with van der Waals surface area (Å²) in [6.45, 7) is 12.9. The lowest BCUT2D eigenvalue weighted by Gasteiger charge is -2.43. The zero-order valence-electron chi connectivity index (χ0n) is 22.3. The van der Waals surface area contributed by atoms with Gasteiger partial charge in [0, 0.05) is 22.9 Å². The molecule has 2 fully saturated rings. The maximum atomic E-state index is 12.7. The maximum absolute atomic E-state index is 12.7. The molecule has 2 aliphatic heterocycles. The summed E-state index contributed by atoms with van der Waals surface area (Å²) in [6, 6.07) is 0. The van der Waals surface area contributed by atoms with Gasteiger partial charge in [-0.1, -0.05) is 13.8 Å². The van der Waals surface area contributed by atoms with Gasteiger partial charge in [-0.25, -0.2) is 0 Å². The van der Waals surface area contributed by atoms with Gasteiger partial charge in [0.1, 0.15) is 0 Å². The topological polar surface area (TPSA) is 136 Å². The van der Waals surface area contributed by atoms with E-state index in [-0.39, 0.29) is 37.9 Å². The Kier molecular flexibility index (Phi) is 10.1. The van der Waals surface area contributed by atoms with Crippen LogP contribution in [0.5, 0.6) is 0 Å². The summed E-state index contributed by atoms with van der Waals surface area (Å²) in [6.07, 6.45) is 2.06. The number of hydrogen-bond acceptors (Lipinski definition) is 8. The van der Waals surface area contributed by atoms with Crippen molar-refractivity contribution in [2.24, 2.45) is 10.8 Å². The van der Waals surface area contributed by atoms with Crippen LogP contribution in [0.4, 0.5) is 0 Å². The minimum absolute atomic E-state index is 0.0217. The molecule has 2 amide bonds. The molecule has 2 aliphatic rings. The number of hydrogen-bond donors (Lipinski definition) is 4. The van der Waals surface area contributed by atoms with Crippen molar-refractivity contribution < 1.29 is 38.7 Å². The van der Waals surface area contributed by atoms with Crippen molar-refractivity contribution in [3.8, 4) is 0 Å². The Balaban J connectivity index is 1.73. The summed E-state index contributed by atoms with van der Waals surface area (Å²) in [5.41, 5.74) is -1.39. The van der Waals surface area contributed by atoms with E-state index in [2.05, 4.69) is 10.6 Å². The van der Waals surface area contributed by atoms with Gasteiger partial charge >= 0.3 is 0 Å². The van der Waals surface area contributed by atoms with E-state index in [0.29, 0.717) is 39.4 Å². The Bertz CT molecular complexity index is 698. The van der Waals surface area contributed by atoms with E-state index < -0.39 is 27.9 Å².